The lowest BCUT2D eigenvalue weighted by Crippen LogP contribution is -2.31. The molecule has 3 heteroatoms. The van der Waals surface area contributed by atoms with E-state index in [1.807, 2.05) is 11.8 Å². The van der Waals surface area contributed by atoms with Crippen molar-refractivity contribution in [2.24, 2.45) is 0 Å². The molecule has 0 radical (unpaired) electrons. The summed E-state index contributed by atoms with van der Waals surface area (Å²) in [6.45, 7) is 3.31. The fourth-order valence-corrected chi connectivity index (χ4v) is 2.44. The molecule has 1 rings (SSSR count). The highest BCUT2D eigenvalue weighted by molar-refractivity contribution is 7.98. The predicted molar refractivity (Wildman–Crippen MR) is 76.5 cm³/mol. The second-order valence-electron chi connectivity index (χ2n) is 4.22. The molecule has 0 aliphatic rings. The maximum absolute atomic E-state index is 8.98. The third-order valence-electron chi connectivity index (χ3n) is 2.87. The maximum atomic E-state index is 8.98. The quantitative estimate of drug-likeness (QED) is 0.746. The number of aliphatic hydroxyl groups excluding tert-OH is 1. The van der Waals surface area contributed by atoms with Gasteiger partial charge in [0.05, 0.1) is 0 Å². The standard InChI is InChI=1S/C14H23NOS/c1-3-12-4-6-13(7-5-12)10-15-14(8-9-16)11-17-2/h4-7,14-16H,3,8-11H2,1-2H3. The van der Waals surface area contributed by atoms with Gasteiger partial charge in [0.15, 0.2) is 0 Å². The third-order valence-corrected chi connectivity index (χ3v) is 3.61. The molecule has 2 nitrogen and oxygen atoms in total. The zero-order chi connectivity index (χ0) is 12.5. The molecule has 0 amide bonds. The van der Waals surface area contributed by atoms with E-state index in [2.05, 4.69) is 42.8 Å². The van der Waals surface area contributed by atoms with E-state index >= 15 is 0 Å². The number of thioether (sulfide) groups is 1. The number of aliphatic hydroxyl groups is 1. The Bertz CT molecular complexity index is 294. The number of nitrogens with one attached hydrogen (secondary N) is 1. The van der Waals surface area contributed by atoms with Gasteiger partial charge < -0.3 is 10.4 Å². The highest BCUT2D eigenvalue weighted by Gasteiger charge is 2.06. The van der Waals surface area contributed by atoms with Gasteiger partial charge in [-0.05, 0) is 30.2 Å². The number of rotatable bonds is 8. The Balaban J connectivity index is 2.41. The van der Waals surface area contributed by atoms with Gasteiger partial charge in [-0.25, -0.2) is 0 Å². The van der Waals surface area contributed by atoms with Crippen LogP contribution in [0, 0.1) is 0 Å². The van der Waals surface area contributed by atoms with E-state index in [-0.39, 0.29) is 6.61 Å². The van der Waals surface area contributed by atoms with Crippen LogP contribution in [0.2, 0.25) is 0 Å². The molecule has 1 unspecified atom stereocenters. The largest absolute Gasteiger partial charge is 0.396 e. The summed E-state index contributed by atoms with van der Waals surface area (Å²) in [5.74, 6) is 1.05. The second kappa shape index (κ2) is 8.56. The minimum absolute atomic E-state index is 0.257. The fraction of sp³-hybridized carbons (Fsp3) is 0.571. The fourth-order valence-electron chi connectivity index (χ4n) is 1.76. The van der Waals surface area contributed by atoms with Crippen molar-refractivity contribution in [2.75, 3.05) is 18.6 Å². The third kappa shape index (κ3) is 5.57. The summed E-state index contributed by atoms with van der Waals surface area (Å²) >= 11 is 1.82. The first-order valence-corrected chi connectivity index (χ1v) is 7.60. The first kappa shape index (κ1) is 14.6. The molecule has 2 N–H and O–H groups in total. The molecule has 1 atom stereocenters. The van der Waals surface area contributed by atoms with Crippen molar-refractivity contribution in [1.29, 1.82) is 0 Å². The molecule has 0 saturated carbocycles. The summed E-state index contributed by atoms with van der Waals surface area (Å²) in [4.78, 5) is 0. The zero-order valence-electron chi connectivity index (χ0n) is 10.8. The van der Waals surface area contributed by atoms with Gasteiger partial charge in [0.2, 0.25) is 0 Å². The number of aryl methyl sites for hydroxylation is 1. The van der Waals surface area contributed by atoms with Crippen molar-refractivity contribution in [3.8, 4) is 0 Å². The molecule has 0 fully saturated rings. The Labute approximate surface area is 109 Å². The average molecular weight is 253 g/mol. The number of hydrogen-bond acceptors (Lipinski definition) is 3. The molecular weight excluding hydrogens is 230 g/mol. The van der Waals surface area contributed by atoms with Gasteiger partial charge in [-0.3, -0.25) is 0 Å². The Kier molecular flexibility index (Phi) is 7.33. The van der Waals surface area contributed by atoms with E-state index in [0.717, 1.165) is 25.1 Å². The van der Waals surface area contributed by atoms with Crippen LogP contribution in [0.4, 0.5) is 0 Å². The number of hydrogen-bond donors (Lipinski definition) is 2. The van der Waals surface area contributed by atoms with Crippen LogP contribution in [0.1, 0.15) is 24.5 Å². The first-order valence-electron chi connectivity index (χ1n) is 6.21. The van der Waals surface area contributed by atoms with Gasteiger partial charge in [-0.1, -0.05) is 31.2 Å². The van der Waals surface area contributed by atoms with Gasteiger partial charge in [-0.15, -0.1) is 0 Å². The smallest absolute Gasteiger partial charge is 0.0446 e. The summed E-state index contributed by atoms with van der Waals surface area (Å²) in [6, 6.07) is 9.14. The zero-order valence-corrected chi connectivity index (χ0v) is 11.6. The predicted octanol–water partition coefficient (Wildman–Crippen LogP) is 2.45. The van der Waals surface area contributed by atoms with Crippen LogP contribution in [-0.2, 0) is 13.0 Å². The highest BCUT2D eigenvalue weighted by atomic mass is 32.2. The van der Waals surface area contributed by atoms with E-state index in [0.29, 0.717) is 6.04 Å². The molecule has 0 bridgehead atoms. The summed E-state index contributed by atoms with van der Waals surface area (Å²) in [5, 5.41) is 12.5. The van der Waals surface area contributed by atoms with Crippen molar-refractivity contribution in [2.45, 2.75) is 32.4 Å². The minimum Gasteiger partial charge on any atom is -0.396 e. The van der Waals surface area contributed by atoms with Crippen molar-refractivity contribution in [3.63, 3.8) is 0 Å². The molecule has 0 aliphatic carbocycles. The Morgan fingerprint density at radius 3 is 2.41 bits per heavy atom. The maximum Gasteiger partial charge on any atom is 0.0446 e. The second-order valence-corrected chi connectivity index (χ2v) is 5.13. The first-order chi connectivity index (χ1) is 8.30. The minimum atomic E-state index is 0.257. The van der Waals surface area contributed by atoms with E-state index in [4.69, 9.17) is 5.11 Å². The lowest BCUT2D eigenvalue weighted by molar-refractivity contribution is 0.270. The molecule has 0 spiro atoms. The average Bonchev–Trinajstić information content (AvgIpc) is 2.37. The summed E-state index contributed by atoms with van der Waals surface area (Å²) < 4.78 is 0. The lowest BCUT2D eigenvalue weighted by atomic mass is 10.1. The van der Waals surface area contributed by atoms with E-state index < -0.39 is 0 Å². The molecule has 0 aliphatic heterocycles. The van der Waals surface area contributed by atoms with Crippen LogP contribution in [-0.4, -0.2) is 29.8 Å². The van der Waals surface area contributed by atoms with E-state index in [1.54, 1.807) is 0 Å². The molecule has 0 aromatic heterocycles. The molecule has 96 valence electrons. The van der Waals surface area contributed by atoms with Gasteiger partial charge in [0, 0.05) is 24.9 Å². The van der Waals surface area contributed by atoms with Gasteiger partial charge >= 0.3 is 0 Å². The van der Waals surface area contributed by atoms with Crippen molar-refractivity contribution >= 4 is 11.8 Å². The van der Waals surface area contributed by atoms with Crippen LogP contribution in [0.5, 0.6) is 0 Å². The summed E-state index contributed by atoms with van der Waals surface area (Å²) in [5.41, 5.74) is 2.69. The van der Waals surface area contributed by atoms with Crippen LogP contribution in [0.3, 0.4) is 0 Å². The molecule has 0 saturated heterocycles. The van der Waals surface area contributed by atoms with Crippen LogP contribution in [0.15, 0.2) is 24.3 Å². The monoisotopic (exact) mass is 253 g/mol. The van der Waals surface area contributed by atoms with Crippen molar-refractivity contribution in [3.05, 3.63) is 35.4 Å². The van der Waals surface area contributed by atoms with Crippen molar-refractivity contribution in [1.82, 2.24) is 5.32 Å². The Hall–Kier alpha value is -0.510. The molecular formula is C14H23NOS. The van der Waals surface area contributed by atoms with Gasteiger partial charge in [0.25, 0.3) is 0 Å². The Morgan fingerprint density at radius 2 is 1.88 bits per heavy atom. The number of benzene rings is 1. The van der Waals surface area contributed by atoms with E-state index in [1.165, 1.54) is 11.1 Å². The molecule has 17 heavy (non-hydrogen) atoms. The van der Waals surface area contributed by atoms with Crippen LogP contribution < -0.4 is 5.32 Å². The Morgan fingerprint density at radius 1 is 1.24 bits per heavy atom. The van der Waals surface area contributed by atoms with Crippen molar-refractivity contribution < 1.29 is 5.11 Å². The summed E-state index contributed by atoms with van der Waals surface area (Å²) in [6.07, 6.45) is 4.02. The van der Waals surface area contributed by atoms with E-state index in [9.17, 15) is 0 Å². The van der Waals surface area contributed by atoms with Crippen LogP contribution in [0.25, 0.3) is 0 Å². The SMILES string of the molecule is CCc1ccc(CNC(CCO)CSC)cc1. The van der Waals surface area contributed by atoms with Gasteiger partial charge in [-0.2, -0.15) is 11.8 Å². The van der Waals surface area contributed by atoms with Crippen LogP contribution >= 0.6 is 11.8 Å². The topological polar surface area (TPSA) is 32.3 Å². The summed E-state index contributed by atoms with van der Waals surface area (Å²) in [7, 11) is 0. The molecule has 1 aromatic carbocycles. The highest BCUT2D eigenvalue weighted by Crippen LogP contribution is 2.07. The molecule has 0 heterocycles. The lowest BCUT2D eigenvalue weighted by Gasteiger charge is -2.16. The normalized spacial score (nSPS) is 12.6. The molecule has 1 aromatic rings. The van der Waals surface area contributed by atoms with Gasteiger partial charge in [0.1, 0.15) is 0 Å².